The predicted molar refractivity (Wildman–Crippen MR) is 50.5 cm³/mol. The van der Waals surface area contributed by atoms with Gasteiger partial charge in [-0.3, -0.25) is 14.6 Å². The quantitative estimate of drug-likeness (QED) is 0.651. The van der Waals surface area contributed by atoms with Crippen LogP contribution in [0.5, 0.6) is 5.75 Å². The number of pyridine rings is 1. The zero-order valence-corrected chi connectivity index (χ0v) is 7.97. The molecule has 80 valence electrons. The fourth-order valence-electron chi connectivity index (χ4n) is 0.914. The van der Waals surface area contributed by atoms with Crippen LogP contribution in [0.4, 0.5) is 0 Å². The molecule has 0 unspecified atom stereocenters. The summed E-state index contributed by atoms with van der Waals surface area (Å²) < 4.78 is 0. The van der Waals surface area contributed by atoms with Gasteiger partial charge in [0.15, 0.2) is 0 Å². The van der Waals surface area contributed by atoms with Crippen molar-refractivity contribution in [1.82, 2.24) is 10.3 Å². The summed E-state index contributed by atoms with van der Waals surface area (Å²) in [7, 11) is 0. The molecular weight excluding hydrogens is 200 g/mol. The lowest BCUT2D eigenvalue weighted by Gasteiger charge is -2.09. The number of carbonyl (C=O) groups is 2. The molecule has 1 amide bonds. The third kappa shape index (κ3) is 2.67. The number of amides is 1. The molecule has 1 atom stereocenters. The number of rotatable bonds is 3. The van der Waals surface area contributed by atoms with Crippen molar-refractivity contribution >= 4 is 11.9 Å². The Hall–Kier alpha value is -2.11. The Morgan fingerprint density at radius 2 is 2.20 bits per heavy atom. The second-order valence-electron chi connectivity index (χ2n) is 2.93. The van der Waals surface area contributed by atoms with Crippen LogP contribution in [0, 0.1) is 0 Å². The largest absolute Gasteiger partial charge is 0.505 e. The number of nitrogens with zero attached hydrogens (tertiary/aromatic N) is 1. The van der Waals surface area contributed by atoms with Gasteiger partial charge in [0.2, 0.25) is 0 Å². The number of aromatic nitrogens is 1. The molecule has 3 N–H and O–H groups in total. The Balaban J connectivity index is 2.78. The highest BCUT2D eigenvalue weighted by Gasteiger charge is 2.17. The van der Waals surface area contributed by atoms with Gasteiger partial charge in [-0.05, 0) is 13.0 Å². The summed E-state index contributed by atoms with van der Waals surface area (Å²) in [6, 6.07) is 0.296. The average Bonchev–Trinajstić information content (AvgIpc) is 2.18. The van der Waals surface area contributed by atoms with E-state index in [9.17, 15) is 14.7 Å². The molecule has 0 aliphatic heterocycles. The highest BCUT2D eigenvalue weighted by atomic mass is 16.4. The normalized spacial score (nSPS) is 11.8. The van der Waals surface area contributed by atoms with Crippen molar-refractivity contribution in [1.29, 1.82) is 0 Å². The maximum atomic E-state index is 11.4. The molecule has 0 saturated carbocycles. The smallest absolute Gasteiger partial charge is 0.325 e. The number of aliphatic carboxylic acids is 1. The number of carboxylic acid groups (broad SMARTS) is 1. The topological polar surface area (TPSA) is 99.5 Å². The minimum Gasteiger partial charge on any atom is -0.505 e. The Morgan fingerprint density at radius 3 is 2.73 bits per heavy atom. The number of carboxylic acids is 1. The van der Waals surface area contributed by atoms with E-state index >= 15 is 0 Å². The van der Waals surface area contributed by atoms with Crippen LogP contribution in [0.1, 0.15) is 17.3 Å². The van der Waals surface area contributed by atoms with Crippen LogP contribution in [-0.2, 0) is 4.79 Å². The SMILES string of the molecule is C[C@@H](NC(=O)c1ccncc1O)C(=O)O. The van der Waals surface area contributed by atoms with Crippen LogP contribution in [0.2, 0.25) is 0 Å². The van der Waals surface area contributed by atoms with E-state index in [2.05, 4.69) is 10.3 Å². The number of carbonyl (C=O) groups excluding carboxylic acids is 1. The van der Waals surface area contributed by atoms with E-state index in [0.717, 1.165) is 6.20 Å². The molecule has 1 heterocycles. The first-order valence-electron chi connectivity index (χ1n) is 4.19. The van der Waals surface area contributed by atoms with Crippen LogP contribution >= 0.6 is 0 Å². The Bertz CT molecular complexity index is 391. The van der Waals surface area contributed by atoms with E-state index in [1.165, 1.54) is 19.2 Å². The van der Waals surface area contributed by atoms with Gasteiger partial charge in [-0.1, -0.05) is 0 Å². The van der Waals surface area contributed by atoms with Gasteiger partial charge in [0.1, 0.15) is 11.8 Å². The van der Waals surface area contributed by atoms with E-state index in [1.807, 2.05) is 0 Å². The number of hydrogen-bond donors (Lipinski definition) is 3. The fraction of sp³-hybridized carbons (Fsp3) is 0.222. The Morgan fingerprint density at radius 1 is 1.53 bits per heavy atom. The molecular formula is C9H10N2O4. The van der Waals surface area contributed by atoms with Crippen LogP contribution in [0.3, 0.4) is 0 Å². The summed E-state index contributed by atoms with van der Waals surface area (Å²) in [4.78, 5) is 25.5. The Kier molecular flexibility index (Phi) is 3.22. The molecule has 6 heteroatoms. The first kappa shape index (κ1) is 11.0. The van der Waals surface area contributed by atoms with Crippen LogP contribution in [0.15, 0.2) is 18.5 Å². The van der Waals surface area contributed by atoms with Crippen LogP contribution in [-0.4, -0.2) is 33.1 Å². The van der Waals surface area contributed by atoms with E-state index in [1.54, 1.807) is 0 Å². The second-order valence-corrected chi connectivity index (χ2v) is 2.93. The zero-order valence-electron chi connectivity index (χ0n) is 7.97. The maximum Gasteiger partial charge on any atom is 0.325 e. The standard InChI is InChI=1S/C9H10N2O4/c1-5(9(14)15)11-8(13)6-2-3-10-4-7(6)12/h2-5,12H,1H3,(H,11,13)(H,14,15)/t5-/m1/s1. The lowest BCUT2D eigenvalue weighted by molar-refractivity contribution is -0.138. The average molecular weight is 210 g/mol. The van der Waals surface area contributed by atoms with Gasteiger partial charge in [-0.2, -0.15) is 0 Å². The van der Waals surface area contributed by atoms with Gasteiger partial charge in [0.25, 0.3) is 5.91 Å². The van der Waals surface area contributed by atoms with Crippen molar-refractivity contribution in [3.8, 4) is 5.75 Å². The van der Waals surface area contributed by atoms with Gasteiger partial charge < -0.3 is 15.5 Å². The lowest BCUT2D eigenvalue weighted by Crippen LogP contribution is -2.38. The highest BCUT2D eigenvalue weighted by Crippen LogP contribution is 2.13. The summed E-state index contributed by atoms with van der Waals surface area (Å²) in [5.74, 6) is -2.07. The van der Waals surface area contributed by atoms with Crippen molar-refractivity contribution in [3.63, 3.8) is 0 Å². The molecule has 1 aromatic heterocycles. The van der Waals surface area contributed by atoms with Crippen LogP contribution < -0.4 is 5.32 Å². The monoisotopic (exact) mass is 210 g/mol. The molecule has 0 radical (unpaired) electrons. The zero-order chi connectivity index (χ0) is 11.4. The van der Waals surface area contributed by atoms with Crippen molar-refractivity contribution < 1.29 is 19.8 Å². The minimum atomic E-state index is -1.14. The highest BCUT2D eigenvalue weighted by molar-refractivity contribution is 5.98. The summed E-state index contributed by atoms with van der Waals surface area (Å²) in [5, 5.41) is 20.0. The van der Waals surface area contributed by atoms with Gasteiger partial charge in [0, 0.05) is 6.20 Å². The molecule has 0 aromatic carbocycles. The van der Waals surface area contributed by atoms with E-state index < -0.39 is 17.9 Å². The fourth-order valence-corrected chi connectivity index (χ4v) is 0.914. The van der Waals surface area contributed by atoms with Gasteiger partial charge in [-0.15, -0.1) is 0 Å². The number of nitrogens with one attached hydrogen (secondary N) is 1. The maximum absolute atomic E-state index is 11.4. The third-order valence-corrected chi connectivity index (χ3v) is 1.76. The predicted octanol–water partition coefficient (Wildman–Crippen LogP) is -0.00990. The number of aromatic hydroxyl groups is 1. The molecule has 6 nitrogen and oxygen atoms in total. The van der Waals surface area contributed by atoms with Crippen molar-refractivity contribution in [2.75, 3.05) is 0 Å². The first-order chi connectivity index (χ1) is 7.02. The molecule has 0 aliphatic carbocycles. The molecule has 15 heavy (non-hydrogen) atoms. The Labute approximate surface area is 85.6 Å². The van der Waals surface area contributed by atoms with E-state index in [0.29, 0.717) is 0 Å². The van der Waals surface area contributed by atoms with Crippen molar-refractivity contribution in [2.24, 2.45) is 0 Å². The van der Waals surface area contributed by atoms with Crippen molar-refractivity contribution in [3.05, 3.63) is 24.0 Å². The summed E-state index contributed by atoms with van der Waals surface area (Å²) in [6.07, 6.45) is 2.44. The van der Waals surface area contributed by atoms with Crippen LogP contribution in [0.25, 0.3) is 0 Å². The third-order valence-electron chi connectivity index (χ3n) is 1.76. The lowest BCUT2D eigenvalue weighted by atomic mass is 10.2. The summed E-state index contributed by atoms with van der Waals surface area (Å²) in [5.41, 5.74) is -0.00176. The second kappa shape index (κ2) is 4.41. The van der Waals surface area contributed by atoms with Gasteiger partial charge in [0.05, 0.1) is 11.8 Å². The molecule has 1 rings (SSSR count). The summed E-state index contributed by atoms with van der Waals surface area (Å²) >= 11 is 0. The molecule has 1 aromatic rings. The molecule has 0 aliphatic rings. The molecule has 0 fully saturated rings. The summed E-state index contributed by atoms with van der Waals surface area (Å²) in [6.45, 7) is 1.33. The van der Waals surface area contributed by atoms with E-state index in [4.69, 9.17) is 5.11 Å². The molecule has 0 spiro atoms. The van der Waals surface area contributed by atoms with Gasteiger partial charge in [-0.25, -0.2) is 0 Å². The molecule has 0 bridgehead atoms. The van der Waals surface area contributed by atoms with E-state index in [-0.39, 0.29) is 11.3 Å². The first-order valence-corrected chi connectivity index (χ1v) is 4.19. The molecule has 0 saturated heterocycles. The van der Waals surface area contributed by atoms with Crippen molar-refractivity contribution in [2.45, 2.75) is 13.0 Å². The minimum absolute atomic E-state index is 0.00176. The number of hydrogen-bond acceptors (Lipinski definition) is 4. The van der Waals surface area contributed by atoms with Gasteiger partial charge >= 0.3 is 5.97 Å².